The predicted octanol–water partition coefficient (Wildman–Crippen LogP) is 1.36. The van der Waals surface area contributed by atoms with E-state index in [9.17, 15) is 5.11 Å². The molecule has 1 aliphatic carbocycles. The molecular weight excluding hydrogens is 200 g/mol. The van der Waals surface area contributed by atoms with Crippen LogP contribution in [0.4, 0.5) is 0 Å². The van der Waals surface area contributed by atoms with Crippen LogP contribution in [0.25, 0.3) is 0 Å². The third kappa shape index (κ3) is 2.73. The molecule has 1 heterocycles. The fourth-order valence-electron chi connectivity index (χ4n) is 1.66. The van der Waals surface area contributed by atoms with Gasteiger partial charge in [0.15, 0.2) is 0 Å². The number of aliphatic hydroxyl groups excluding tert-OH is 1. The second kappa shape index (κ2) is 4.82. The summed E-state index contributed by atoms with van der Waals surface area (Å²) in [7, 11) is 0. The molecule has 1 aliphatic rings. The molecule has 1 N–H and O–H groups in total. The van der Waals surface area contributed by atoms with Crippen LogP contribution in [0, 0.1) is 0 Å². The van der Waals surface area contributed by atoms with Crippen molar-refractivity contribution in [2.24, 2.45) is 0 Å². The number of hydrogen-bond donors (Lipinski definition) is 1. The van der Waals surface area contributed by atoms with Gasteiger partial charge in [-0.2, -0.15) is 8.75 Å². The maximum absolute atomic E-state index is 9.30. The molecule has 14 heavy (non-hydrogen) atoms. The third-order valence-electron chi connectivity index (χ3n) is 2.52. The van der Waals surface area contributed by atoms with Crippen LogP contribution in [0.15, 0.2) is 6.20 Å². The molecule has 0 unspecified atom stereocenters. The predicted molar refractivity (Wildman–Crippen MR) is 53.0 cm³/mol. The van der Waals surface area contributed by atoms with Crippen LogP contribution in [0.1, 0.15) is 31.4 Å². The van der Waals surface area contributed by atoms with E-state index in [1.54, 1.807) is 6.20 Å². The molecular formula is C9H14N2O2S. The van der Waals surface area contributed by atoms with Crippen molar-refractivity contribution in [3.8, 4) is 0 Å². The molecule has 5 heteroatoms. The molecule has 0 aromatic carbocycles. The summed E-state index contributed by atoms with van der Waals surface area (Å²) in [5, 5.41) is 9.30. The van der Waals surface area contributed by atoms with E-state index in [2.05, 4.69) is 8.75 Å². The number of ether oxygens (including phenoxy) is 1. The standard InChI is InChI=1S/C9H14N2O2S/c12-8-1-3-9(4-2-8)13-6-7-5-10-14-11-7/h5,8-9,12H,1-4,6H2. The van der Waals surface area contributed by atoms with E-state index >= 15 is 0 Å². The van der Waals surface area contributed by atoms with Crippen molar-refractivity contribution in [1.82, 2.24) is 8.75 Å². The Morgan fingerprint density at radius 3 is 2.86 bits per heavy atom. The molecule has 0 radical (unpaired) electrons. The minimum absolute atomic E-state index is 0.115. The second-order valence-electron chi connectivity index (χ2n) is 3.64. The number of aliphatic hydroxyl groups is 1. The van der Waals surface area contributed by atoms with Gasteiger partial charge in [-0.05, 0) is 25.7 Å². The molecule has 0 amide bonds. The molecule has 1 fully saturated rings. The van der Waals surface area contributed by atoms with Crippen LogP contribution in [0.3, 0.4) is 0 Å². The minimum Gasteiger partial charge on any atom is -0.393 e. The molecule has 0 saturated heterocycles. The summed E-state index contributed by atoms with van der Waals surface area (Å²) in [6, 6.07) is 0. The van der Waals surface area contributed by atoms with E-state index in [0.717, 1.165) is 31.4 Å². The lowest BCUT2D eigenvalue weighted by Gasteiger charge is -2.25. The van der Waals surface area contributed by atoms with Gasteiger partial charge in [-0.3, -0.25) is 0 Å². The highest BCUT2D eigenvalue weighted by molar-refractivity contribution is 6.99. The van der Waals surface area contributed by atoms with Gasteiger partial charge in [-0.15, -0.1) is 0 Å². The first-order chi connectivity index (χ1) is 6.84. The molecule has 0 spiro atoms. The zero-order valence-electron chi connectivity index (χ0n) is 7.93. The molecule has 1 aromatic rings. The maximum Gasteiger partial charge on any atom is 0.1000 e. The Balaban J connectivity index is 1.71. The van der Waals surface area contributed by atoms with Crippen molar-refractivity contribution in [3.63, 3.8) is 0 Å². The zero-order valence-corrected chi connectivity index (χ0v) is 8.74. The van der Waals surface area contributed by atoms with Gasteiger partial charge in [-0.25, -0.2) is 0 Å². The first-order valence-corrected chi connectivity index (χ1v) is 5.64. The van der Waals surface area contributed by atoms with E-state index in [1.165, 1.54) is 11.7 Å². The van der Waals surface area contributed by atoms with E-state index in [1.807, 2.05) is 0 Å². The highest BCUT2D eigenvalue weighted by atomic mass is 32.1. The Hall–Kier alpha value is -0.520. The van der Waals surface area contributed by atoms with Gasteiger partial charge in [0, 0.05) is 0 Å². The van der Waals surface area contributed by atoms with Gasteiger partial charge in [0.2, 0.25) is 0 Å². The van der Waals surface area contributed by atoms with Crippen LogP contribution >= 0.6 is 11.7 Å². The quantitative estimate of drug-likeness (QED) is 0.825. The highest BCUT2D eigenvalue weighted by Crippen LogP contribution is 2.21. The smallest absolute Gasteiger partial charge is 0.1000 e. The van der Waals surface area contributed by atoms with Crippen LogP contribution < -0.4 is 0 Å². The van der Waals surface area contributed by atoms with Crippen molar-refractivity contribution >= 4 is 11.7 Å². The second-order valence-corrected chi connectivity index (χ2v) is 4.20. The summed E-state index contributed by atoms with van der Waals surface area (Å²) in [5.74, 6) is 0. The van der Waals surface area contributed by atoms with E-state index in [4.69, 9.17) is 4.74 Å². The zero-order chi connectivity index (χ0) is 9.80. The Morgan fingerprint density at radius 2 is 2.21 bits per heavy atom. The SMILES string of the molecule is OC1CCC(OCc2cnsn2)CC1. The lowest BCUT2D eigenvalue weighted by Crippen LogP contribution is -2.24. The van der Waals surface area contributed by atoms with Gasteiger partial charge in [0.05, 0.1) is 42.4 Å². The molecule has 1 saturated carbocycles. The third-order valence-corrected chi connectivity index (χ3v) is 3.03. The molecule has 1 aromatic heterocycles. The summed E-state index contributed by atoms with van der Waals surface area (Å²) in [6.07, 6.45) is 5.55. The average Bonchev–Trinajstić information content (AvgIpc) is 2.70. The number of rotatable bonds is 3. The fourth-order valence-corrected chi connectivity index (χ4v) is 2.08. The first-order valence-electron chi connectivity index (χ1n) is 4.90. The fraction of sp³-hybridized carbons (Fsp3) is 0.778. The minimum atomic E-state index is -0.115. The van der Waals surface area contributed by atoms with Gasteiger partial charge >= 0.3 is 0 Å². The van der Waals surface area contributed by atoms with Crippen LogP contribution in [0.2, 0.25) is 0 Å². The van der Waals surface area contributed by atoms with Crippen molar-refractivity contribution in [3.05, 3.63) is 11.9 Å². The number of hydrogen-bond acceptors (Lipinski definition) is 5. The van der Waals surface area contributed by atoms with Crippen LogP contribution in [0.5, 0.6) is 0 Å². The largest absolute Gasteiger partial charge is 0.393 e. The van der Waals surface area contributed by atoms with Gasteiger partial charge in [-0.1, -0.05) is 0 Å². The summed E-state index contributed by atoms with van der Waals surface area (Å²) in [4.78, 5) is 0. The molecule has 0 bridgehead atoms. The van der Waals surface area contributed by atoms with Crippen molar-refractivity contribution in [2.75, 3.05) is 0 Å². The van der Waals surface area contributed by atoms with Crippen molar-refractivity contribution < 1.29 is 9.84 Å². The normalized spacial score (nSPS) is 27.8. The Morgan fingerprint density at radius 1 is 1.43 bits per heavy atom. The Bertz CT molecular complexity index is 258. The Kier molecular flexibility index (Phi) is 3.44. The van der Waals surface area contributed by atoms with Gasteiger partial charge in [0.25, 0.3) is 0 Å². The lowest BCUT2D eigenvalue weighted by molar-refractivity contribution is -0.0127. The van der Waals surface area contributed by atoms with E-state index in [0.29, 0.717) is 12.7 Å². The summed E-state index contributed by atoms with van der Waals surface area (Å²) in [6.45, 7) is 0.553. The maximum atomic E-state index is 9.30. The molecule has 2 rings (SSSR count). The highest BCUT2D eigenvalue weighted by Gasteiger charge is 2.19. The molecule has 78 valence electrons. The topological polar surface area (TPSA) is 55.2 Å². The van der Waals surface area contributed by atoms with E-state index < -0.39 is 0 Å². The number of aromatic nitrogens is 2. The summed E-state index contributed by atoms with van der Waals surface area (Å²) < 4.78 is 13.6. The monoisotopic (exact) mass is 214 g/mol. The van der Waals surface area contributed by atoms with Gasteiger partial charge in [0.1, 0.15) is 0 Å². The van der Waals surface area contributed by atoms with Gasteiger partial charge < -0.3 is 9.84 Å². The summed E-state index contributed by atoms with van der Waals surface area (Å²) >= 11 is 1.21. The molecule has 0 aliphatic heterocycles. The molecule has 4 nitrogen and oxygen atoms in total. The average molecular weight is 214 g/mol. The van der Waals surface area contributed by atoms with Crippen molar-refractivity contribution in [2.45, 2.75) is 44.5 Å². The lowest BCUT2D eigenvalue weighted by atomic mass is 9.95. The Labute approximate surface area is 87.2 Å². The van der Waals surface area contributed by atoms with E-state index in [-0.39, 0.29) is 6.10 Å². The van der Waals surface area contributed by atoms with Crippen LogP contribution in [-0.2, 0) is 11.3 Å². The number of nitrogens with zero attached hydrogens (tertiary/aromatic N) is 2. The van der Waals surface area contributed by atoms with Crippen LogP contribution in [-0.4, -0.2) is 26.1 Å². The summed E-state index contributed by atoms with van der Waals surface area (Å²) in [5.41, 5.74) is 0.904. The molecule has 0 atom stereocenters. The first kappa shape index (κ1) is 10.0. The van der Waals surface area contributed by atoms with Crippen molar-refractivity contribution in [1.29, 1.82) is 0 Å².